The molecule has 0 spiro atoms. The topological polar surface area (TPSA) is 79.7 Å². The van der Waals surface area contributed by atoms with Crippen LogP contribution in [0.4, 0.5) is 4.39 Å². The quantitative estimate of drug-likeness (QED) is 0.397. The van der Waals surface area contributed by atoms with Gasteiger partial charge in [-0.25, -0.2) is 18.7 Å². The van der Waals surface area contributed by atoms with E-state index >= 15 is 0 Å². The first-order valence-electron chi connectivity index (χ1n) is 9.73. The average molecular weight is 426 g/mol. The fraction of sp³-hybridized carbons (Fsp3) is 0.261. The number of methoxy groups -OCH3 is 2. The predicted octanol–water partition coefficient (Wildman–Crippen LogP) is 4.18. The molecule has 0 unspecified atom stereocenters. The van der Waals surface area contributed by atoms with Crippen molar-refractivity contribution in [1.82, 2.24) is 9.78 Å². The summed E-state index contributed by atoms with van der Waals surface area (Å²) < 4.78 is 30.8. The first kappa shape index (κ1) is 22.2. The van der Waals surface area contributed by atoms with Gasteiger partial charge in [-0.15, -0.1) is 0 Å². The molecule has 7 nitrogen and oxygen atoms in total. The lowest BCUT2D eigenvalue weighted by Crippen LogP contribution is -2.15. The van der Waals surface area contributed by atoms with Gasteiger partial charge in [0.1, 0.15) is 17.1 Å². The van der Waals surface area contributed by atoms with Crippen LogP contribution in [0.3, 0.4) is 0 Å². The number of rotatable bonds is 8. The Labute approximate surface area is 179 Å². The Bertz CT molecular complexity index is 1080. The van der Waals surface area contributed by atoms with Gasteiger partial charge in [0, 0.05) is 12.2 Å². The zero-order chi connectivity index (χ0) is 22.4. The molecule has 0 aliphatic rings. The standard InChI is InChI=1S/C23H23FN2O5/c1-4-12-31-14-15-13-16(24)10-11-18(15)20-19(22(27)29-2)21(23(28)30-3)26(25-20)17-8-6-5-7-9-17/h5-11,13H,4,12,14H2,1-3H3. The molecule has 0 atom stereocenters. The summed E-state index contributed by atoms with van der Waals surface area (Å²) in [6, 6.07) is 12.9. The van der Waals surface area contributed by atoms with E-state index in [1.807, 2.05) is 13.0 Å². The third-order valence-electron chi connectivity index (χ3n) is 4.58. The second-order valence-corrected chi connectivity index (χ2v) is 6.66. The molecule has 31 heavy (non-hydrogen) atoms. The monoisotopic (exact) mass is 426 g/mol. The number of para-hydroxylation sites is 1. The third-order valence-corrected chi connectivity index (χ3v) is 4.58. The number of carbonyl (C=O) groups is 2. The van der Waals surface area contributed by atoms with E-state index in [4.69, 9.17) is 14.2 Å². The summed E-state index contributed by atoms with van der Waals surface area (Å²) in [5, 5.41) is 4.54. The van der Waals surface area contributed by atoms with Crippen molar-refractivity contribution < 1.29 is 28.2 Å². The van der Waals surface area contributed by atoms with Crippen LogP contribution in [-0.4, -0.2) is 42.5 Å². The van der Waals surface area contributed by atoms with E-state index in [1.165, 1.54) is 37.1 Å². The maximum absolute atomic E-state index is 14.0. The van der Waals surface area contributed by atoms with E-state index in [2.05, 4.69) is 5.10 Å². The summed E-state index contributed by atoms with van der Waals surface area (Å²) in [4.78, 5) is 25.4. The van der Waals surface area contributed by atoms with Crippen molar-refractivity contribution in [1.29, 1.82) is 0 Å². The Morgan fingerprint density at radius 1 is 1.03 bits per heavy atom. The highest BCUT2D eigenvalue weighted by atomic mass is 19.1. The molecule has 0 aliphatic carbocycles. The summed E-state index contributed by atoms with van der Waals surface area (Å²) in [5.74, 6) is -1.97. The van der Waals surface area contributed by atoms with Crippen molar-refractivity contribution in [2.75, 3.05) is 20.8 Å². The van der Waals surface area contributed by atoms with E-state index in [0.717, 1.165) is 6.42 Å². The Hall–Kier alpha value is -3.52. The second kappa shape index (κ2) is 9.99. The summed E-state index contributed by atoms with van der Waals surface area (Å²) in [6.07, 6.45) is 0.799. The van der Waals surface area contributed by atoms with Crippen molar-refractivity contribution in [3.63, 3.8) is 0 Å². The Balaban J connectivity index is 2.29. The highest BCUT2D eigenvalue weighted by Gasteiger charge is 2.32. The number of benzene rings is 2. The third kappa shape index (κ3) is 4.64. The average Bonchev–Trinajstić information content (AvgIpc) is 3.19. The molecule has 0 radical (unpaired) electrons. The zero-order valence-electron chi connectivity index (χ0n) is 17.6. The summed E-state index contributed by atoms with van der Waals surface area (Å²) in [7, 11) is 2.43. The van der Waals surface area contributed by atoms with Crippen molar-refractivity contribution in [3.8, 4) is 16.9 Å². The minimum atomic E-state index is -0.762. The highest BCUT2D eigenvalue weighted by Crippen LogP contribution is 2.32. The van der Waals surface area contributed by atoms with Crippen molar-refractivity contribution in [2.45, 2.75) is 20.0 Å². The molecule has 0 aliphatic heterocycles. The van der Waals surface area contributed by atoms with E-state index < -0.39 is 17.8 Å². The zero-order valence-corrected chi connectivity index (χ0v) is 17.6. The number of carbonyl (C=O) groups excluding carboxylic acids is 2. The van der Waals surface area contributed by atoms with E-state index in [0.29, 0.717) is 23.4 Å². The largest absolute Gasteiger partial charge is 0.465 e. The number of halogens is 1. The van der Waals surface area contributed by atoms with Crippen molar-refractivity contribution in [3.05, 3.63) is 71.2 Å². The van der Waals surface area contributed by atoms with Crippen LogP contribution in [-0.2, 0) is 20.8 Å². The molecule has 0 fully saturated rings. The number of aromatic nitrogens is 2. The summed E-state index contributed by atoms with van der Waals surface area (Å²) >= 11 is 0. The summed E-state index contributed by atoms with van der Waals surface area (Å²) in [6.45, 7) is 2.57. The van der Waals surface area contributed by atoms with Crippen LogP contribution in [0.2, 0.25) is 0 Å². The number of hydrogen-bond acceptors (Lipinski definition) is 6. The van der Waals surface area contributed by atoms with Gasteiger partial charge in [-0.3, -0.25) is 0 Å². The molecule has 8 heteroatoms. The molecule has 3 rings (SSSR count). The second-order valence-electron chi connectivity index (χ2n) is 6.66. The molecule has 0 amide bonds. The van der Waals surface area contributed by atoms with Gasteiger partial charge in [-0.1, -0.05) is 25.1 Å². The fourth-order valence-corrected chi connectivity index (χ4v) is 3.18. The van der Waals surface area contributed by atoms with E-state index in [1.54, 1.807) is 24.3 Å². The smallest absolute Gasteiger partial charge is 0.357 e. The normalized spacial score (nSPS) is 10.7. The first-order valence-corrected chi connectivity index (χ1v) is 9.73. The first-order chi connectivity index (χ1) is 15.0. The molecular weight excluding hydrogens is 403 g/mol. The molecule has 2 aromatic carbocycles. The molecule has 1 aromatic heterocycles. The molecule has 162 valence electrons. The van der Waals surface area contributed by atoms with Gasteiger partial charge in [0.05, 0.1) is 26.5 Å². The Morgan fingerprint density at radius 3 is 2.39 bits per heavy atom. The highest BCUT2D eigenvalue weighted by molar-refractivity contribution is 6.07. The van der Waals surface area contributed by atoms with Gasteiger partial charge in [-0.05, 0) is 42.3 Å². The van der Waals surface area contributed by atoms with Gasteiger partial charge in [0.15, 0.2) is 5.69 Å². The number of esters is 2. The van der Waals surface area contributed by atoms with Crippen molar-refractivity contribution in [2.24, 2.45) is 0 Å². The minimum absolute atomic E-state index is 0.0680. The van der Waals surface area contributed by atoms with Crippen LogP contribution in [0, 0.1) is 5.82 Å². The molecular formula is C23H23FN2O5. The van der Waals surface area contributed by atoms with Gasteiger partial charge < -0.3 is 14.2 Å². The SMILES string of the molecule is CCCOCc1cc(F)ccc1-c1nn(-c2ccccc2)c(C(=O)OC)c1C(=O)OC. The number of hydrogen-bond donors (Lipinski definition) is 0. The molecule has 0 N–H and O–H groups in total. The van der Waals surface area contributed by atoms with E-state index in [9.17, 15) is 14.0 Å². The predicted molar refractivity (Wildman–Crippen MR) is 112 cm³/mol. The Morgan fingerprint density at radius 2 is 1.74 bits per heavy atom. The lowest BCUT2D eigenvalue weighted by atomic mass is 10.0. The Kier molecular flexibility index (Phi) is 7.15. The van der Waals surface area contributed by atoms with Crippen LogP contribution in [0.1, 0.15) is 39.8 Å². The van der Waals surface area contributed by atoms with Crippen LogP contribution in [0.15, 0.2) is 48.5 Å². The van der Waals surface area contributed by atoms with Gasteiger partial charge in [0.25, 0.3) is 0 Å². The van der Waals surface area contributed by atoms with Gasteiger partial charge in [-0.2, -0.15) is 5.10 Å². The van der Waals surface area contributed by atoms with Crippen LogP contribution in [0.25, 0.3) is 16.9 Å². The lowest BCUT2D eigenvalue weighted by Gasteiger charge is -2.10. The number of ether oxygens (including phenoxy) is 3. The number of nitrogens with zero attached hydrogens (tertiary/aromatic N) is 2. The van der Waals surface area contributed by atoms with E-state index in [-0.39, 0.29) is 23.6 Å². The molecule has 0 bridgehead atoms. The maximum atomic E-state index is 14.0. The fourth-order valence-electron chi connectivity index (χ4n) is 3.18. The molecule has 3 aromatic rings. The van der Waals surface area contributed by atoms with Crippen LogP contribution < -0.4 is 0 Å². The maximum Gasteiger partial charge on any atom is 0.357 e. The van der Waals surface area contributed by atoms with Crippen LogP contribution in [0.5, 0.6) is 0 Å². The van der Waals surface area contributed by atoms with Crippen molar-refractivity contribution >= 4 is 11.9 Å². The lowest BCUT2D eigenvalue weighted by molar-refractivity contribution is 0.0549. The molecule has 0 saturated heterocycles. The molecule has 0 saturated carbocycles. The van der Waals surface area contributed by atoms with Crippen LogP contribution >= 0.6 is 0 Å². The van der Waals surface area contributed by atoms with Gasteiger partial charge >= 0.3 is 11.9 Å². The molecule has 1 heterocycles. The summed E-state index contributed by atoms with van der Waals surface area (Å²) in [5.41, 5.74) is 1.52. The minimum Gasteiger partial charge on any atom is -0.465 e. The van der Waals surface area contributed by atoms with Gasteiger partial charge in [0.2, 0.25) is 0 Å².